The van der Waals surface area contributed by atoms with Crippen molar-refractivity contribution in [3.63, 3.8) is 0 Å². The van der Waals surface area contributed by atoms with Crippen LogP contribution < -0.4 is 10.2 Å². The van der Waals surface area contributed by atoms with Gasteiger partial charge in [0.2, 0.25) is 0 Å². The van der Waals surface area contributed by atoms with E-state index in [0.717, 1.165) is 37.1 Å². The van der Waals surface area contributed by atoms with Gasteiger partial charge in [-0.1, -0.05) is 84.8 Å². The molecule has 7 nitrogen and oxygen atoms in total. The van der Waals surface area contributed by atoms with Gasteiger partial charge in [-0.2, -0.15) is 0 Å². The Bertz CT molecular complexity index is 1290. The predicted molar refractivity (Wildman–Crippen MR) is 150 cm³/mol. The topological polar surface area (TPSA) is 111 Å². The molecule has 3 aromatic rings. The molecule has 4 rings (SSSR count). The van der Waals surface area contributed by atoms with E-state index in [1.54, 1.807) is 18.2 Å². The van der Waals surface area contributed by atoms with E-state index in [9.17, 15) is 20.1 Å². The number of rotatable bonds is 11. The van der Waals surface area contributed by atoms with Crippen molar-refractivity contribution in [3.8, 4) is 0 Å². The number of hydrogen-bond donors (Lipinski definition) is 1. The summed E-state index contributed by atoms with van der Waals surface area (Å²) in [4.78, 5) is 23.9. The number of aliphatic hydroxyl groups excluding tert-OH is 1. The molecule has 8 heteroatoms. The first-order chi connectivity index (χ1) is 19.0. The van der Waals surface area contributed by atoms with Crippen LogP contribution in [-0.4, -0.2) is 59.9 Å². The Morgan fingerprint density at radius 3 is 2.23 bits per heavy atom. The molecule has 0 spiro atoms. The molecular weight excluding hydrogens is 549 g/mol. The van der Waals surface area contributed by atoms with Crippen molar-refractivity contribution in [1.29, 1.82) is 0 Å². The number of piperidine rings is 1. The second-order valence-corrected chi connectivity index (χ2v) is 10.00. The van der Waals surface area contributed by atoms with Crippen LogP contribution in [0.5, 0.6) is 0 Å². The van der Waals surface area contributed by atoms with Gasteiger partial charge in [0.1, 0.15) is 0 Å². The Hall–Kier alpha value is -3.32. The molecular formula is C32H35N3NiO4. The number of aryl methyl sites for hydroxylation is 1. The Morgan fingerprint density at radius 2 is 1.57 bits per heavy atom. The summed E-state index contributed by atoms with van der Waals surface area (Å²) in [6, 6.07) is 22.7. The maximum Gasteiger partial charge on any atom is 2.00 e. The molecule has 212 valence electrons. The number of carboxylic acid groups (broad SMARTS) is 1. The largest absolute Gasteiger partial charge is 2.00 e. The van der Waals surface area contributed by atoms with E-state index >= 15 is 0 Å². The first-order valence-electron chi connectivity index (χ1n) is 13.5. The third kappa shape index (κ3) is 8.34. The summed E-state index contributed by atoms with van der Waals surface area (Å²) < 4.78 is 0. The standard InChI is InChI=1S/C32H37N3O4.Ni/c1-23-14-16-24(17-15-23)26(18-21-36)31(32(38)39)34-30(25-10-4-2-5-11-25)27-12-6-7-13-28(27)33-29(37)22-35-19-8-3-9-20-35;/h2,4-7,10-17,26,31,36H,3,8-9,18-22H2,1H3,(H,33,37)(H,38,39);/q;+2/p-2/t26-,31+;/m0./s1. The molecule has 1 saturated heterocycles. The minimum absolute atomic E-state index is 0. The van der Waals surface area contributed by atoms with Gasteiger partial charge in [-0.05, 0) is 56.8 Å². The van der Waals surface area contributed by atoms with Gasteiger partial charge in [-0.15, -0.1) is 0 Å². The summed E-state index contributed by atoms with van der Waals surface area (Å²) in [5.41, 5.74) is 3.91. The molecule has 0 unspecified atom stereocenters. The summed E-state index contributed by atoms with van der Waals surface area (Å²) in [5, 5.41) is 35.3. The van der Waals surface area contributed by atoms with Gasteiger partial charge in [-0.3, -0.25) is 14.9 Å². The first-order valence-corrected chi connectivity index (χ1v) is 13.5. The molecule has 0 amide bonds. The van der Waals surface area contributed by atoms with Crippen LogP contribution in [0.4, 0.5) is 5.69 Å². The van der Waals surface area contributed by atoms with E-state index in [-0.39, 0.29) is 42.0 Å². The second kappa shape index (κ2) is 15.5. The molecule has 2 atom stereocenters. The number of aliphatic hydroxyl groups is 1. The van der Waals surface area contributed by atoms with Crippen LogP contribution in [0.2, 0.25) is 0 Å². The molecule has 1 N–H and O–H groups in total. The average molecular weight is 584 g/mol. The van der Waals surface area contributed by atoms with E-state index in [0.29, 0.717) is 22.5 Å². The molecule has 1 aliphatic rings. The van der Waals surface area contributed by atoms with Gasteiger partial charge < -0.3 is 20.1 Å². The van der Waals surface area contributed by atoms with Crippen LogP contribution in [0.3, 0.4) is 0 Å². The summed E-state index contributed by atoms with van der Waals surface area (Å²) in [6.45, 7) is 3.78. The van der Waals surface area contributed by atoms with Crippen molar-refractivity contribution < 1.29 is 36.6 Å². The van der Waals surface area contributed by atoms with Gasteiger partial charge >= 0.3 is 16.5 Å². The van der Waals surface area contributed by atoms with Gasteiger partial charge in [0.05, 0.1) is 23.4 Å². The Morgan fingerprint density at radius 1 is 0.925 bits per heavy atom. The van der Waals surface area contributed by atoms with Crippen molar-refractivity contribution in [2.24, 2.45) is 9.98 Å². The van der Waals surface area contributed by atoms with E-state index in [1.165, 1.54) is 6.42 Å². The summed E-state index contributed by atoms with van der Waals surface area (Å²) in [7, 11) is 0. The Balaban J connectivity index is 0.00000441. The summed E-state index contributed by atoms with van der Waals surface area (Å²) in [6.07, 6.45) is 3.54. The van der Waals surface area contributed by atoms with Gasteiger partial charge in [0, 0.05) is 30.2 Å². The van der Waals surface area contributed by atoms with Crippen LogP contribution in [0.15, 0.2) is 88.8 Å². The smallest absolute Gasteiger partial charge is 0.861 e. The SMILES string of the molecule is Cc1ccc([C@H](CCO)[C@@H](N=C(c2ccccc2)c2ccccc2N=C([O-])CN2CCCCC2)C(=O)[O-])cc1.[Ni+2]. The van der Waals surface area contributed by atoms with E-state index in [1.807, 2.05) is 67.6 Å². The molecule has 40 heavy (non-hydrogen) atoms. The number of aliphatic imine (C=N–C) groups is 2. The quantitative estimate of drug-likeness (QED) is 0.212. The van der Waals surface area contributed by atoms with Gasteiger partial charge in [-0.25, -0.2) is 0 Å². The molecule has 0 aromatic heterocycles. The number of aliphatic carboxylic acids is 1. The molecule has 0 bridgehead atoms. The molecule has 3 aromatic carbocycles. The molecule has 0 saturated carbocycles. The van der Waals surface area contributed by atoms with Crippen molar-refractivity contribution >= 4 is 23.3 Å². The Labute approximate surface area is 246 Å². The number of nitrogens with zero attached hydrogens (tertiary/aromatic N) is 3. The fourth-order valence-corrected chi connectivity index (χ4v) is 5.05. The maximum absolute atomic E-state index is 12.9. The van der Waals surface area contributed by atoms with Crippen molar-refractivity contribution in [1.82, 2.24) is 4.90 Å². The molecule has 0 radical (unpaired) electrons. The molecule has 1 aliphatic heterocycles. The zero-order valence-corrected chi connectivity index (χ0v) is 23.6. The van der Waals surface area contributed by atoms with Crippen molar-refractivity contribution in [2.75, 3.05) is 26.2 Å². The minimum Gasteiger partial charge on any atom is -0.861 e. The Kier molecular flexibility index (Phi) is 12.1. The number of carboxylic acids is 1. The van der Waals surface area contributed by atoms with Crippen LogP contribution in [0.25, 0.3) is 0 Å². The first kappa shape index (κ1) is 31.2. The number of para-hydroxylation sites is 1. The van der Waals surface area contributed by atoms with Crippen LogP contribution in [0.1, 0.15) is 53.9 Å². The van der Waals surface area contributed by atoms with Crippen LogP contribution >= 0.6 is 0 Å². The van der Waals surface area contributed by atoms with Crippen molar-refractivity contribution in [2.45, 2.75) is 44.6 Å². The fraction of sp³-hybridized carbons (Fsp3) is 0.344. The average Bonchev–Trinajstić information content (AvgIpc) is 2.95. The molecule has 0 aliphatic carbocycles. The second-order valence-electron chi connectivity index (χ2n) is 10.00. The van der Waals surface area contributed by atoms with E-state index in [4.69, 9.17) is 4.99 Å². The number of carbonyl (C=O) groups is 1. The van der Waals surface area contributed by atoms with Gasteiger partial charge in [0.25, 0.3) is 0 Å². The normalized spacial score (nSPS) is 16.1. The minimum atomic E-state index is -1.34. The van der Waals surface area contributed by atoms with Gasteiger partial charge in [0.15, 0.2) is 0 Å². The fourth-order valence-electron chi connectivity index (χ4n) is 5.05. The van der Waals surface area contributed by atoms with Crippen molar-refractivity contribution in [3.05, 3.63) is 101 Å². The summed E-state index contributed by atoms with van der Waals surface area (Å²) in [5.74, 6) is -2.19. The van der Waals surface area contributed by atoms with E-state index in [2.05, 4.69) is 9.89 Å². The molecule has 1 fully saturated rings. The zero-order chi connectivity index (χ0) is 27.6. The number of hydrogen-bond acceptors (Lipinski definition) is 7. The third-order valence-corrected chi connectivity index (χ3v) is 7.10. The van der Waals surface area contributed by atoms with Crippen LogP contribution in [-0.2, 0) is 21.3 Å². The number of likely N-dealkylation sites (tertiary alicyclic amines) is 1. The van der Waals surface area contributed by atoms with Crippen LogP contribution in [0, 0.1) is 6.92 Å². The predicted octanol–water partition coefficient (Wildman–Crippen LogP) is 2.99. The van der Waals surface area contributed by atoms with E-state index < -0.39 is 17.9 Å². The monoisotopic (exact) mass is 583 g/mol. The zero-order valence-electron chi connectivity index (χ0n) is 22.6. The third-order valence-electron chi connectivity index (χ3n) is 7.10. The number of carbonyl (C=O) groups excluding carboxylic acids is 1. The maximum atomic E-state index is 12.9. The molecule has 1 heterocycles. The number of benzene rings is 3. The summed E-state index contributed by atoms with van der Waals surface area (Å²) >= 11 is 0.